The minimum atomic E-state index is -0.507. The average Bonchev–Trinajstić information content (AvgIpc) is 3.32. The smallest absolute Gasteiger partial charge is 0.257 e. The third-order valence-corrected chi connectivity index (χ3v) is 7.54. The van der Waals surface area contributed by atoms with Gasteiger partial charge in [-0.05, 0) is 80.3 Å². The second kappa shape index (κ2) is 9.57. The molecule has 3 atom stereocenters. The van der Waals surface area contributed by atoms with Crippen molar-refractivity contribution in [2.24, 2.45) is 11.8 Å². The number of piperidine rings is 1. The van der Waals surface area contributed by atoms with E-state index in [1.807, 2.05) is 18.2 Å². The van der Waals surface area contributed by atoms with E-state index in [0.717, 1.165) is 31.4 Å². The zero-order valence-corrected chi connectivity index (χ0v) is 19.6. The molecule has 2 aromatic carbocycles. The molecule has 0 bridgehead atoms. The monoisotopic (exact) mass is 458 g/mol. The number of carbonyl (C=O) groups is 2. The second-order valence-electron chi connectivity index (χ2n) is 9.71. The fourth-order valence-corrected chi connectivity index (χ4v) is 5.86. The maximum atomic E-state index is 14.7. The van der Waals surface area contributed by atoms with Crippen LogP contribution in [-0.2, 0) is 17.6 Å². The molecule has 5 heteroatoms. The molecule has 0 radical (unpaired) electrons. The molecular weight excluding hydrogens is 427 g/mol. The lowest BCUT2D eigenvalue weighted by molar-refractivity contribution is -0.123. The summed E-state index contributed by atoms with van der Waals surface area (Å²) in [6, 6.07) is 10.6. The zero-order valence-electron chi connectivity index (χ0n) is 19.6. The number of nitrogens with zero attached hydrogens (tertiary/aromatic N) is 1. The van der Waals surface area contributed by atoms with Crippen molar-refractivity contribution in [3.63, 3.8) is 0 Å². The van der Waals surface area contributed by atoms with E-state index in [2.05, 4.69) is 29.6 Å². The van der Waals surface area contributed by atoms with E-state index in [0.29, 0.717) is 24.9 Å². The Morgan fingerprint density at radius 3 is 2.71 bits per heavy atom. The van der Waals surface area contributed by atoms with Crippen molar-refractivity contribution in [2.75, 3.05) is 11.9 Å². The summed E-state index contributed by atoms with van der Waals surface area (Å²) in [5, 5.41) is 3.14. The van der Waals surface area contributed by atoms with Gasteiger partial charge in [0.05, 0.1) is 17.5 Å². The number of aryl methyl sites for hydroxylation is 3. The number of benzene rings is 2. The van der Waals surface area contributed by atoms with Gasteiger partial charge in [-0.1, -0.05) is 42.5 Å². The van der Waals surface area contributed by atoms with Gasteiger partial charge in [0.15, 0.2) is 0 Å². The normalized spacial score (nSPS) is 23.6. The lowest BCUT2D eigenvalue weighted by Gasteiger charge is -2.44. The van der Waals surface area contributed by atoms with Gasteiger partial charge < -0.3 is 10.2 Å². The van der Waals surface area contributed by atoms with Crippen LogP contribution in [0.1, 0.15) is 52.7 Å². The number of anilines is 1. The van der Waals surface area contributed by atoms with Crippen molar-refractivity contribution < 1.29 is 14.0 Å². The fraction of sp³-hybridized carbons (Fsp3) is 0.379. The summed E-state index contributed by atoms with van der Waals surface area (Å²) >= 11 is 0. The van der Waals surface area contributed by atoms with Crippen LogP contribution >= 0.6 is 0 Å². The number of likely N-dealkylation sites (tertiary alicyclic amines) is 1. The number of amides is 2. The number of hydrogen-bond acceptors (Lipinski definition) is 2. The molecule has 0 saturated carbocycles. The average molecular weight is 459 g/mol. The first-order valence-corrected chi connectivity index (χ1v) is 12.3. The fourth-order valence-electron chi connectivity index (χ4n) is 5.86. The molecule has 4 nitrogen and oxygen atoms in total. The van der Waals surface area contributed by atoms with Crippen molar-refractivity contribution in [2.45, 2.75) is 51.5 Å². The van der Waals surface area contributed by atoms with Crippen molar-refractivity contribution >= 4 is 17.5 Å². The maximum Gasteiger partial charge on any atom is 0.257 e. The van der Waals surface area contributed by atoms with Gasteiger partial charge in [0.1, 0.15) is 5.82 Å². The molecule has 1 unspecified atom stereocenters. The number of halogens is 1. The van der Waals surface area contributed by atoms with Gasteiger partial charge in [0.25, 0.3) is 5.91 Å². The first-order valence-electron chi connectivity index (χ1n) is 12.3. The third-order valence-electron chi connectivity index (χ3n) is 7.54. The van der Waals surface area contributed by atoms with Crippen LogP contribution in [0.2, 0.25) is 0 Å². The Morgan fingerprint density at radius 1 is 1.06 bits per heavy atom. The first-order chi connectivity index (χ1) is 16.5. The largest absolute Gasteiger partial charge is 0.334 e. The van der Waals surface area contributed by atoms with E-state index < -0.39 is 5.82 Å². The van der Waals surface area contributed by atoms with Crippen LogP contribution in [0.25, 0.3) is 0 Å². The summed E-state index contributed by atoms with van der Waals surface area (Å²) in [4.78, 5) is 29.0. The lowest BCUT2D eigenvalue weighted by atomic mass is 9.77. The number of allylic oxidation sites excluding steroid dienone is 3. The van der Waals surface area contributed by atoms with E-state index >= 15 is 0 Å². The topological polar surface area (TPSA) is 49.4 Å². The minimum Gasteiger partial charge on any atom is -0.334 e. The molecule has 2 aliphatic carbocycles. The zero-order chi connectivity index (χ0) is 23.7. The van der Waals surface area contributed by atoms with Crippen molar-refractivity contribution in [3.05, 3.63) is 88.8 Å². The van der Waals surface area contributed by atoms with Gasteiger partial charge in [-0.25, -0.2) is 4.39 Å². The van der Waals surface area contributed by atoms with E-state index in [9.17, 15) is 14.0 Å². The minimum absolute atomic E-state index is 0.0112. The van der Waals surface area contributed by atoms with Gasteiger partial charge >= 0.3 is 0 Å². The summed E-state index contributed by atoms with van der Waals surface area (Å²) in [5.41, 5.74) is 4.22. The van der Waals surface area contributed by atoms with Gasteiger partial charge in [0, 0.05) is 18.2 Å². The number of hydrogen-bond donors (Lipinski definition) is 1. The summed E-state index contributed by atoms with van der Waals surface area (Å²) in [5.74, 6) is -1.24. The molecule has 1 N–H and O–H groups in total. The van der Waals surface area contributed by atoms with Crippen molar-refractivity contribution in [3.8, 4) is 0 Å². The molecule has 3 aliphatic rings. The molecule has 1 aliphatic heterocycles. The van der Waals surface area contributed by atoms with Crippen LogP contribution in [0.15, 0.2) is 60.7 Å². The summed E-state index contributed by atoms with van der Waals surface area (Å²) in [6.45, 7) is 2.28. The molecule has 176 valence electrons. The summed E-state index contributed by atoms with van der Waals surface area (Å²) in [6.07, 6.45) is 13.6. The second-order valence-corrected chi connectivity index (χ2v) is 9.71. The Bertz CT molecular complexity index is 1150. The summed E-state index contributed by atoms with van der Waals surface area (Å²) in [7, 11) is 0. The van der Waals surface area contributed by atoms with Gasteiger partial charge in [-0.15, -0.1) is 0 Å². The quantitative estimate of drug-likeness (QED) is 0.647. The molecular formula is C29H31FN2O2. The molecule has 1 saturated heterocycles. The Labute approximate surface area is 200 Å². The highest BCUT2D eigenvalue weighted by Gasteiger charge is 2.42. The highest BCUT2D eigenvalue weighted by atomic mass is 19.1. The highest BCUT2D eigenvalue weighted by molar-refractivity contribution is 5.98. The third kappa shape index (κ3) is 4.31. The van der Waals surface area contributed by atoms with Crippen LogP contribution in [-0.4, -0.2) is 29.3 Å². The van der Waals surface area contributed by atoms with Gasteiger partial charge in [-0.2, -0.15) is 0 Å². The molecule has 1 heterocycles. The van der Waals surface area contributed by atoms with E-state index in [1.54, 1.807) is 24.0 Å². The van der Waals surface area contributed by atoms with Crippen LogP contribution in [0.4, 0.5) is 10.1 Å². The van der Waals surface area contributed by atoms with Gasteiger partial charge in [0.2, 0.25) is 5.91 Å². The highest BCUT2D eigenvalue weighted by Crippen LogP contribution is 2.35. The molecule has 0 spiro atoms. The van der Waals surface area contributed by atoms with E-state index in [4.69, 9.17) is 0 Å². The lowest BCUT2D eigenvalue weighted by Crippen LogP contribution is -2.55. The number of rotatable bonds is 4. The molecule has 2 aromatic rings. The van der Waals surface area contributed by atoms with E-state index in [1.165, 1.54) is 17.2 Å². The molecule has 34 heavy (non-hydrogen) atoms. The van der Waals surface area contributed by atoms with Crippen LogP contribution in [0.5, 0.6) is 0 Å². The van der Waals surface area contributed by atoms with Gasteiger partial charge in [-0.3, -0.25) is 9.59 Å². The Kier molecular flexibility index (Phi) is 6.36. The van der Waals surface area contributed by atoms with Crippen molar-refractivity contribution in [1.29, 1.82) is 0 Å². The maximum absolute atomic E-state index is 14.7. The van der Waals surface area contributed by atoms with E-state index in [-0.39, 0.29) is 35.3 Å². The molecule has 2 amide bonds. The van der Waals surface area contributed by atoms with Crippen LogP contribution < -0.4 is 5.32 Å². The number of nitrogens with one attached hydrogen (secondary N) is 1. The number of carbonyl (C=O) groups excluding carboxylic acids is 2. The molecule has 5 rings (SSSR count). The standard InChI is InChI=1S/C29H31FN2O2/c1-19-8-5-14-25(30)26(19)29(34)32-17-7-13-24(27(32)21-9-3-2-4-10-21)28(33)31-23-16-15-20-11-6-12-22(20)18-23/h2-5,8-9,14-16,18,21,24,27H,6-7,10-13,17H2,1H3,(H,31,33)/t21?,24-,27-/m0/s1. The Hall–Kier alpha value is -3.21. The first kappa shape index (κ1) is 22.6. The SMILES string of the molecule is Cc1cccc(F)c1C(=O)N1CCC[C@H](C(=O)Nc2ccc3c(c2)CCC3)[C@@H]1C1C=CC=CC1. The summed E-state index contributed by atoms with van der Waals surface area (Å²) < 4.78 is 14.7. The predicted octanol–water partition coefficient (Wildman–Crippen LogP) is 5.61. The van der Waals surface area contributed by atoms with Crippen LogP contribution in [0.3, 0.4) is 0 Å². The Morgan fingerprint density at radius 2 is 1.91 bits per heavy atom. The van der Waals surface area contributed by atoms with Crippen molar-refractivity contribution in [1.82, 2.24) is 4.90 Å². The number of fused-ring (bicyclic) bond motifs is 1. The predicted molar refractivity (Wildman–Crippen MR) is 132 cm³/mol. The Balaban J connectivity index is 1.44. The molecule has 1 fully saturated rings. The molecule has 0 aromatic heterocycles. The van der Waals surface area contributed by atoms with Crippen LogP contribution in [0, 0.1) is 24.6 Å².